The Kier molecular flexibility index (Phi) is 2.04. The van der Waals surface area contributed by atoms with E-state index in [-0.39, 0.29) is 24.4 Å². The van der Waals surface area contributed by atoms with Crippen LogP contribution in [-0.4, -0.2) is 34.0 Å². The third-order valence-electron chi connectivity index (χ3n) is 3.64. The summed E-state index contributed by atoms with van der Waals surface area (Å²) >= 11 is 0. The zero-order valence-electron chi connectivity index (χ0n) is 7.26. The van der Waals surface area contributed by atoms with Gasteiger partial charge in [-0.1, -0.05) is 0 Å². The topological polar surface area (TPSA) is 77.8 Å². The fourth-order valence-corrected chi connectivity index (χ4v) is 3.06. The number of carboxylic acids is 1. The second-order valence-corrected chi connectivity index (χ2v) is 4.17. The molecule has 2 saturated carbocycles. The van der Waals surface area contributed by atoms with Gasteiger partial charge in [0.15, 0.2) is 0 Å². The Labute approximate surface area is 76.2 Å². The van der Waals surface area contributed by atoms with Gasteiger partial charge in [-0.2, -0.15) is 0 Å². The molecule has 2 fully saturated rings. The SMILES string of the molecule is O=C(O)C1C2CC(CC2O)C1CO. The smallest absolute Gasteiger partial charge is 0.307 e. The average Bonchev–Trinajstić information content (AvgIpc) is 2.58. The molecule has 74 valence electrons. The fraction of sp³-hybridized carbons (Fsp3) is 0.889. The molecule has 2 bridgehead atoms. The maximum atomic E-state index is 10.9. The highest BCUT2D eigenvalue weighted by Crippen LogP contribution is 2.52. The highest BCUT2D eigenvalue weighted by molar-refractivity contribution is 5.71. The number of aliphatic hydroxyl groups excluding tert-OH is 2. The monoisotopic (exact) mass is 186 g/mol. The van der Waals surface area contributed by atoms with Gasteiger partial charge in [0.2, 0.25) is 0 Å². The van der Waals surface area contributed by atoms with Crippen LogP contribution in [0.15, 0.2) is 0 Å². The molecule has 4 nitrogen and oxygen atoms in total. The van der Waals surface area contributed by atoms with E-state index < -0.39 is 18.0 Å². The third kappa shape index (κ3) is 1.16. The number of aliphatic carboxylic acids is 1. The molecule has 0 spiro atoms. The lowest BCUT2D eigenvalue weighted by Crippen LogP contribution is -2.37. The van der Waals surface area contributed by atoms with Gasteiger partial charge in [0.05, 0.1) is 12.0 Å². The molecule has 0 aromatic heterocycles. The summed E-state index contributed by atoms with van der Waals surface area (Å²) in [6, 6.07) is 0. The molecule has 5 unspecified atom stereocenters. The van der Waals surface area contributed by atoms with Crippen molar-refractivity contribution < 1.29 is 20.1 Å². The van der Waals surface area contributed by atoms with Crippen molar-refractivity contribution in [1.82, 2.24) is 0 Å². The van der Waals surface area contributed by atoms with Gasteiger partial charge >= 0.3 is 5.97 Å². The maximum Gasteiger partial charge on any atom is 0.307 e. The lowest BCUT2D eigenvalue weighted by molar-refractivity contribution is -0.148. The molecule has 2 aliphatic carbocycles. The van der Waals surface area contributed by atoms with Gasteiger partial charge in [0, 0.05) is 6.61 Å². The molecule has 0 radical (unpaired) electrons. The minimum atomic E-state index is -0.870. The highest BCUT2D eigenvalue weighted by Gasteiger charge is 2.54. The Morgan fingerprint density at radius 3 is 2.62 bits per heavy atom. The summed E-state index contributed by atoms with van der Waals surface area (Å²) in [4.78, 5) is 10.9. The summed E-state index contributed by atoms with van der Waals surface area (Å²) in [5, 5.41) is 27.5. The molecule has 0 aromatic carbocycles. The van der Waals surface area contributed by atoms with Crippen molar-refractivity contribution in [3.05, 3.63) is 0 Å². The Balaban J connectivity index is 2.20. The van der Waals surface area contributed by atoms with Gasteiger partial charge in [-0.15, -0.1) is 0 Å². The van der Waals surface area contributed by atoms with Crippen molar-refractivity contribution >= 4 is 5.97 Å². The first-order valence-electron chi connectivity index (χ1n) is 4.67. The van der Waals surface area contributed by atoms with E-state index >= 15 is 0 Å². The molecule has 0 aliphatic heterocycles. The van der Waals surface area contributed by atoms with Crippen LogP contribution in [0, 0.1) is 23.7 Å². The van der Waals surface area contributed by atoms with Crippen LogP contribution in [0.4, 0.5) is 0 Å². The van der Waals surface area contributed by atoms with Crippen LogP contribution in [0.3, 0.4) is 0 Å². The van der Waals surface area contributed by atoms with Crippen LogP contribution in [0.2, 0.25) is 0 Å². The van der Waals surface area contributed by atoms with Gasteiger partial charge in [0.1, 0.15) is 0 Å². The Hall–Kier alpha value is -0.610. The van der Waals surface area contributed by atoms with Crippen LogP contribution in [0.5, 0.6) is 0 Å². The van der Waals surface area contributed by atoms with Crippen LogP contribution >= 0.6 is 0 Å². The molecule has 3 N–H and O–H groups in total. The van der Waals surface area contributed by atoms with Gasteiger partial charge in [0.25, 0.3) is 0 Å². The Morgan fingerprint density at radius 1 is 1.38 bits per heavy atom. The van der Waals surface area contributed by atoms with Crippen molar-refractivity contribution in [1.29, 1.82) is 0 Å². The van der Waals surface area contributed by atoms with Crippen LogP contribution in [0.1, 0.15) is 12.8 Å². The van der Waals surface area contributed by atoms with Crippen LogP contribution < -0.4 is 0 Å². The van der Waals surface area contributed by atoms with Gasteiger partial charge in [-0.3, -0.25) is 4.79 Å². The summed E-state index contributed by atoms with van der Waals surface area (Å²) in [6.07, 6.45) is 0.970. The number of fused-ring (bicyclic) bond motifs is 2. The van der Waals surface area contributed by atoms with E-state index in [0.717, 1.165) is 6.42 Å². The summed E-state index contributed by atoms with van der Waals surface area (Å²) < 4.78 is 0. The first-order chi connectivity index (χ1) is 6.15. The molecular formula is C9H14O4. The van der Waals surface area contributed by atoms with Gasteiger partial charge in [-0.25, -0.2) is 0 Å². The number of hydrogen-bond acceptors (Lipinski definition) is 3. The normalized spacial score (nSPS) is 48.3. The third-order valence-corrected chi connectivity index (χ3v) is 3.64. The lowest BCUT2D eigenvalue weighted by atomic mass is 9.78. The predicted octanol–water partition coefficient (Wildman–Crippen LogP) is -0.304. The number of rotatable bonds is 2. The zero-order chi connectivity index (χ0) is 9.59. The lowest BCUT2D eigenvalue weighted by Gasteiger charge is -2.29. The van der Waals surface area contributed by atoms with Crippen molar-refractivity contribution in [2.24, 2.45) is 23.7 Å². The second kappa shape index (κ2) is 2.96. The average molecular weight is 186 g/mol. The molecule has 2 aliphatic rings. The van der Waals surface area contributed by atoms with E-state index in [2.05, 4.69) is 0 Å². The minimum Gasteiger partial charge on any atom is -0.481 e. The van der Waals surface area contributed by atoms with E-state index in [9.17, 15) is 9.90 Å². The highest BCUT2D eigenvalue weighted by atomic mass is 16.4. The van der Waals surface area contributed by atoms with E-state index in [1.54, 1.807) is 0 Å². The largest absolute Gasteiger partial charge is 0.481 e. The first kappa shape index (κ1) is 8.97. The number of carbonyl (C=O) groups is 1. The van der Waals surface area contributed by atoms with Crippen LogP contribution in [-0.2, 0) is 4.79 Å². The van der Waals surface area contributed by atoms with Crippen molar-refractivity contribution in [3.63, 3.8) is 0 Å². The summed E-state index contributed by atoms with van der Waals surface area (Å²) in [5.74, 6) is -1.44. The minimum absolute atomic E-state index is 0.0646. The Morgan fingerprint density at radius 2 is 2.08 bits per heavy atom. The van der Waals surface area contributed by atoms with Crippen molar-refractivity contribution in [3.8, 4) is 0 Å². The Bertz CT molecular complexity index is 226. The van der Waals surface area contributed by atoms with E-state index in [0.29, 0.717) is 6.42 Å². The van der Waals surface area contributed by atoms with E-state index in [1.165, 1.54) is 0 Å². The quantitative estimate of drug-likeness (QED) is 0.553. The molecule has 0 aromatic rings. The van der Waals surface area contributed by atoms with Crippen LogP contribution in [0.25, 0.3) is 0 Å². The molecule has 0 heterocycles. The summed E-state index contributed by atoms with van der Waals surface area (Å²) in [5.41, 5.74) is 0. The summed E-state index contributed by atoms with van der Waals surface area (Å²) in [6.45, 7) is -0.0646. The maximum absolute atomic E-state index is 10.9. The van der Waals surface area contributed by atoms with Crippen molar-refractivity contribution in [2.75, 3.05) is 6.61 Å². The number of hydrogen-bond donors (Lipinski definition) is 3. The van der Waals surface area contributed by atoms with E-state index in [4.69, 9.17) is 10.2 Å². The molecule has 4 heteroatoms. The molecule has 5 atom stereocenters. The molecule has 0 amide bonds. The van der Waals surface area contributed by atoms with E-state index in [1.807, 2.05) is 0 Å². The molecular weight excluding hydrogens is 172 g/mol. The number of carboxylic acid groups (broad SMARTS) is 1. The molecule has 13 heavy (non-hydrogen) atoms. The molecule has 2 rings (SSSR count). The second-order valence-electron chi connectivity index (χ2n) is 4.17. The predicted molar refractivity (Wildman–Crippen MR) is 43.9 cm³/mol. The molecule has 0 saturated heterocycles. The standard InChI is InChI=1S/C9H14O4/c10-3-6-4-1-5(7(11)2-4)8(6)9(12)13/h4-8,10-11H,1-3H2,(H,12,13). The zero-order valence-corrected chi connectivity index (χ0v) is 7.26. The van der Waals surface area contributed by atoms with Gasteiger partial charge < -0.3 is 15.3 Å². The summed E-state index contributed by atoms with van der Waals surface area (Å²) in [7, 11) is 0. The first-order valence-corrected chi connectivity index (χ1v) is 4.67. The fourth-order valence-electron chi connectivity index (χ4n) is 3.06. The van der Waals surface area contributed by atoms with Crippen molar-refractivity contribution in [2.45, 2.75) is 18.9 Å². The van der Waals surface area contributed by atoms with Gasteiger partial charge in [-0.05, 0) is 30.6 Å². The number of aliphatic hydroxyl groups is 2.